The fraction of sp³-hybridized carbons (Fsp3) is 0.217. The third kappa shape index (κ3) is 4.00. The highest BCUT2D eigenvalue weighted by molar-refractivity contribution is 6.16. The predicted molar refractivity (Wildman–Crippen MR) is 107 cm³/mol. The van der Waals surface area contributed by atoms with E-state index in [-0.39, 0.29) is 6.61 Å². The third-order valence-electron chi connectivity index (χ3n) is 4.26. The van der Waals surface area contributed by atoms with Crippen molar-refractivity contribution in [1.82, 2.24) is 0 Å². The highest BCUT2D eigenvalue weighted by atomic mass is 16.6. The summed E-state index contributed by atoms with van der Waals surface area (Å²) in [4.78, 5) is 24.5. The first kappa shape index (κ1) is 18.6. The van der Waals surface area contributed by atoms with Crippen LogP contribution < -0.4 is 0 Å². The van der Waals surface area contributed by atoms with E-state index in [1.807, 2.05) is 48.5 Å². The van der Waals surface area contributed by atoms with Crippen LogP contribution >= 0.6 is 0 Å². The van der Waals surface area contributed by atoms with Gasteiger partial charge in [0.2, 0.25) is 0 Å². The molecule has 0 fully saturated rings. The second-order valence-corrected chi connectivity index (χ2v) is 7.20. The van der Waals surface area contributed by atoms with E-state index in [2.05, 4.69) is 6.58 Å². The maximum absolute atomic E-state index is 12.8. The van der Waals surface area contributed by atoms with Gasteiger partial charge >= 0.3 is 11.9 Å². The molecule has 0 N–H and O–H groups in total. The van der Waals surface area contributed by atoms with Crippen molar-refractivity contribution in [2.75, 3.05) is 6.61 Å². The number of ether oxygens (including phenoxy) is 2. The molecule has 0 saturated heterocycles. The highest BCUT2D eigenvalue weighted by Gasteiger charge is 2.26. The largest absolute Gasteiger partial charge is 0.458 e. The Bertz CT molecular complexity index is 1050. The van der Waals surface area contributed by atoms with Crippen molar-refractivity contribution >= 4 is 33.5 Å². The fourth-order valence-corrected chi connectivity index (χ4v) is 2.91. The minimum absolute atomic E-state index is 0.0496. The summed E-state index contributed by atoms with van der Waals surface area (Å²) in [5.74, 6) is -0.955. The van der Waals surface area contributed by atoms with E-state index in [4.69, 9.17) is 9.47 Å². The van der Waals surface area contributed by atoms with E-state index < -0.39 is 17.5 Å². The first-order valence-corrected chi connectivity index (χ1v) is 8.75. The van der Waals surface area contributed by atoms with Crippen LogP contribution in [0.3, 0.4) is 0 Å². The average molecular weight is 362 g/mol. The van der Waals surface area contributed by atoms with Gasteiger partial charge in [-0.1, -0.05) is 55.1 Å². The minimum Gasteiger partial charge on any atom is -0.458 e. The van der Waals surface area contributed by atoms with E-state index >= 15 is 0 Å². The van der Waals surface area contributed by atoms with Gasteiger partial charge in [0, 0.05) is 11.0 Å². The van der Waals surface area contributed by atoms with Gasteiger partial charge in [-0.15, -0.1) is 0 Å². The monoisotopic (exact) mass is 362 g/mol. The lowest BCUT2D eigenvalue weighted by molar-refractivity contribution is -0.155. The van der Waals surface area contributed by atoms with Gasteiger partial charge in [-0.05, 0) is 43.0 Å². The van der Waals surface area contributed by atoms with Gasteiger partial charge in [0.25, 0.3) is 0 Å². The molecule has 0 amide bonds. The molecule has 0 heterocycles. The van der Waals surface area contributed by atoms with Crippen LogP contribution in [0.5, 0.6) is 0 Å². The van der Waals surface area contributed by atoms with Crippen LogP contribution in [-0.4, -0.2) is 24.1 Å². The molecule has 0 atom stereocenters. The number of hydrogen-bond acceptors (Lipinski definition) is 4. The van der Waals surface area contributed by atoms with Crippen molar-refractivity contribution < 1.29 is 19.1 Å². The second-order valence-electron chi connectivity index (χ2n) is 7.20. The van der Waals surface area contributed by atoms with Crippen molar-refractivity contribution in [2.24, 2.45) is 0 Å². The lowest BCUT2D eigenvalue weighted by atomic mass is 9.98. The van der Waals surface area contributed by atoms with E-state index in [9.17, 15) is 9.59 Å². The van der Waals surface area contributed by atoms with Gasteiger partial charge in [0.1, 0.15) is 12.2 Å². The van der Waals surface area contributed by atoms with Crippen molar-refractivity contribution in [3.63, 3.8) is 0 Å². The van der Waals surface area contributed by atoms with Crippen molar-refractivity contribution in [3.05, 3.63) is 72.3 Å². The average Bonchev–Trinajstić information content (AvgIpc) is 2.65. The first-order valence-electron chi connectivity index (χ1n) is 8.75. The first-order chi connectivity index (χ1) is 12.8. The van der Waals surface area contributed by atoms with E-state index in [1.54, 1.807) is 26.8 Å². The maximum Gasteiger partial charge on any atom is 0.338 e. The van der Waals surface area contributed by atoms with Crippen LogP contribution in [0, 0.1) is 0 Å². The molecule has 3 rings (SSSR count). The van der Waals surface area contributed by atoms with E-state index in [1.165, 1.54) is 0 Å². The normalized spacial score (nSPS) is 11.4. The van der Waals surface area contributed by atoms with Crippen LogP contribution in [0.25, 0.3) is 21.5 Å². The molecule has 0 aromatic heterocycles. The summed E-state index contributed by atoms with van der Waals surface area (Å²) in [6.45, 7) is 8.48. The SMILES string of the molecule is C=C(C)C(=O)OC(C)(C)COC(=O)c1cccc2ccc3ccccc3c12. The third-order valence-corrected chi connectivity index (χ3v) is 4.26. The van der Waals surface area contributed by atoms with Crippen LogP contribution in [-0.2, 0) is 14.3 Å². The smallest absolute Gasteiger partial charge is 0.338 e. The van der Waals surface area contributed by atoms with Gasteiger partial charge in [-0.2, -0.15) is 0 Å². The lowest BCUT2D eigenvalue weighted by Gasteiger charge is -2.24. The minimum atomic E-state index is -0.946. The van der Waals surface area contributed by atoms with E-state index in [0.717, 1.165) is 21.5 Å². The van der Waals surface area contributed by atoms with Crippen LogP contribution in [0.1, 0.15) is 31.1 Å². The van der Waals surface area contributed by atoms with Gasteiger partial charge in [-0.25, -0.2) is 9.59 Å². The molecule has 0 aliphatic heterocycles. The summed E-state index contributed by atoms with van der Waals surface area (Å²) in [6.07, 6.45) is 0. The van der Waals surface area contributed by atoms with Gasteiger partial charge < -0.3 is 9.47 Å². The zero-order valence-electron chi connectivity index (χ0n) is 15.7. The number of esters is 2. The van der Waals surface area contributed by atoms with E-state index in [0.29, 0.717) is 11.1 Å². The Kier molecular flexibility index (Phi) is 5.00. The Morgan fingerprint density at radius 1 is 0.963 bits per heavy atom. The molecule has 0 aliphatic carbocycles. The zero-order chi connectivity index (χ0) is 19.6. The number of carbonyl (C=O) groups excluding carboxylic acids is 2. The van der Waals surface area contributed by atoms with Crippen molar-refractivity contribution in [3.8, 4) is 0 Å². The molecule has 0 saturated carbocycles. The standard InChI is InChI=1S/C23H22O4/c1-15(2)21(24)27-23(3,4)14-26-22(25)19-11-7-9-17-13-12-16-8-5-6-10-18(16)20(17)19/h5-13H,1,14H2,2-4H3. The van der Waals surface area contributed by atoms with Crippen molar-refractivity contribution in [1.29, 1.82) is 0 Å². The molecule has 4 heteroatoms. The Balaban J connectivity index is 1.89. The summed E-state index contributed by atoms with van der Waals surface area (Å²) in [7, 11) is 0. The summed E-state index contributed by atoms with van der Waals surface area (Å²) in [6, 6.07) is 17.5. The number of carbonyl (C=O) groups is 2. The summed E-state index contributed by atoms with van der Waals surface area (Å²) < 4.78 is 10.8. The van der Waals surface area contributed by atoms with Gasteiger partial charge in [0.05, 0.1) is 5.56 Å². The molecular weight excluding hydrogens is 340 g/mol. The molecule has 27 heavy (non-hydrogen) atoms. The number of benzene rings is 3. The Morgan fingerprint density at radius 2 is 1.63 bits per heavy atom. The highest BCUT2D eigenvalue weighted by Crippen LogP contribution is 2.29. The van der Waals surface area contributed by atoms with Crippen molar-refractivity contribution in [2.45, 2.75) is 26.4 Å². The second kappa shape index (κ2) is 7.23. The quantitative estimate of drug-likeness (QED) is 0.362. The molecule has 0 bridgehead atoms. The molecule has 3 aromatic rings. The Labute approximate surface area is 158 Å². The number of fused-ring (bicyclic) bond motifs is 3. The zero-order valence-corrected chi connectivity index (χ0v) is 15.7. The van der Waals surface area contributed by atoms with Gasteiger partial charge in [0.15, 0.2) is 0 Å². The molecule has 3 aromatic carbocycles. The fourth-order valence-electron chi connectivity index (χ4n) is 2.91. The van der Waals surface area contributed by atoms with Crippen LogP contribution in [0.15, 0.2) is 66.7 Å². The van der Waals surface area contributed by atoms with Crippen LogP contribution in [0.2, 0.25) is 0 Å². The number of hydrogen-bond donors (Lipinski definition) is 0. The molecular formula is C23H22O4. The molecule has 0 spiro atoms. The molecule has 4 nitrogen and oxygen atoms in total. The summed E-state index contributed by atoms with van der Waals surface area (Å²) in [5.41, 5.74) is -0.153. The van der Waals surface area contributed by atoms with Crippen LogP contribution in [0.4, 0.5) is 0 Å². The molecule has 0 aliphatic rings. The Hall–Kier alpha value is -3.14. The summed E-state index contributed by atoms with van der Waals surface area (Å²) in [5, 5.41) is 3.88. The molecule has 0 unspecified atom stereocenters. The lowest BCUT2D eigenvalue weighted by Crippen LogP contribution is -2.34. The maximum atomic E-state index is 12.8. The summed E-state index contributed by atoms with van der Waals surface area (Å²) >= 11 is 0. The predicted octanol–water partition coefficient (Wildman–Crippen LogP) is 5.05. The topological polar surface area (TPSA) is 52.6 Å². The number of rotatable bonds is 5. The molecule has 138 valence electrons. The van der Waals surface area contributed by atoms with Gasteiger partial charge in [-0.3, -0.25) is 0 Å². The Morgan fingerprint density at radius 3 is 2.37 bits per heavy atom. The molecule has 0 radical (unpaired) electrons.